The molecule has 1 saturated carbocycles. The topological polar surface area (TPSA) is 32.3 Å². The number of hydrogen-bond acceptors (Lipinski definition) is 1. The average molecular weight is 260 g/mol. The first-order chi connectivity index (χ1) is 9.16. The van der Waals surface area contributed by atoms with Crippen molar-refractivity contribution in [2.45, 2.75) is 51.6 Å². The molecule has 0 saturated heterocycles. The van der Waals surface area contributed by atoms with Gasteiger partial charge in [0.05, 0.1) is 0 Å². The van der Waals surface area contributed by atoms with E-state index in [2.05, 4.69) is 24.4 Å². The number of nitrogens with one attached hydrogen (secondary N) is 1. The van der Waals surface area contributed by atoms with Gasteiger partial charge in [0.2, 0.25) is 0 Å². The third-order valence-corrected chi connectivity index (χ3v) is 3.95. The zero-order valence-electron chi connectivity index (χ0n) is 12.0. The number of hydrogen-bond donors (Lipinski definition) is 1. The van der Waals surface area contributed by atoms with Gasteiger partial charge >= 0.3 is 6.03 Å². The van der Waals surface area contributed by atoms with Crippen LogP contribution < -0.4 is 5.32 Å². The summed E-state index contributed by atoms with van der Waals surface area (Å²) in [6, 6.07) is 8.65. The number of urea groups is 1. The van der Waals surface area contributed by atoms with Crippen LogP contribution >= 0.6 is 0 Å². The molecule has 1 aliphatic carbocycles. The van der Waals surface area contributed by atoms with Crippen LogP contribution in [0.15, 0.2) is 24.3 Å². The van der Waals surface area contributed by atoms with Crippen molar-refractivity contribution in [3.8, 4) is 0 Å². The van der Waals surface area contributed by atoms with Gasteiger partial charge in [-0.05, 0) is 30.9 Å². The summed E-state index contributed by atoms with van der Waals surface area (Å²) in [6.45, 7) is 2.76. The van der Waals surface area contributed by atoms with Gasteiger partial charge < -0.3 is 10.2 Å². The van der Waals surface area contributed by atoms with E-state index in [0.717, 1.165) is 12.8 Å². The van der Waals surface area contributed by atoms with Crippen molar-refractivity contribution in [1.29, 1.82) is 0 Å². The van der Waals surface area contributed by atoms with Crippen LogP contribution in [0.25, 0.3) is 0 Å². The maximum atomic E-state index is 12.1. The van der Waals surface area contributed by atoms with E-state index >= 15 is 0 Å². The molecule has 2 rings (SSSR count). The first-order valence-corrected chi connectivity index (χ1v) is 7.23. The molecule has 1 fully saturated rings. The van der Waals surface area contributed by atoms with E-state index in [1.807, 2.05) is 19.2 Å². The molecule has 2 amide bonds. The molecule has 0 bridgehead atoms. The highest BCUT2D eigenvalue weighted by Crippen LogP contribution is 2.17. The molecular formula is C16H24N2O. The zero-order chi connectivity index (χ0) is 13.7. The highest BCUT2D eigenvalue weighted by atomic mass is 16.2. The minimum atomic E-state index is 0.0511. The first-order valence-electron chi connectivity index (χ1n) is 7.23. The lowest BCUT2D eigenvalue weighted by atomic mass is 9.96. The van der Waals surface area contributed by atoms with Crippen LogP contribution in [0.3, 0.4) is 0 Å². The minimum absolute atomic E-state index is 0.0511. The van der Waals surface area contributed by atoms with E-state index in [0.29, 0.717) is 12.6 Å². The van der Waals surface area contributed by atoms with E-state index < -0.39 is 0 Å². The fourth-order valence-electron chi connectivity index (χ4n) is 2.65. The molecule has 0 aliphatic heterocycles. The molecule has 3 nitrogen and oxygen atoms in total. The number of carbonyl (C=O) groups excluding carboxylic acids is 1. The van der Waals surface area contributed by atoms with E-state index in [4.69, 9.17) is 0 Å². The molecule has 1 aliphatic rings. The molecule has 1 N–H and O–H groups in total. The molecule has 3 heteroatoms. The first kappa shape index (κ1) is 13.9. The summed E-state index contributed by atoms with van der Waals surface area (Å²) in [5, 5.41) is 3.15. The molecule has 0 heterocycles. The molecule has 0 spiro atoms. The summed E-state index contributed by atoms with van der Waals surface area (Å²) in [6.07, 6.45) is 6.05. The van der Waals surface area contributed by atoms with Gasteiger partial charge in [0, 0.05) is 19.6 Å². The monoisotopic (exact) mass is 260 g/mol. The van der Waals surface area contributed by atoms with Gasteiger partial charge in [0.15, 0.2) is 0 Å². The SMILES string of the molecule is Cc1ccccc1CN(C)C(=O)NC1CCCCC1. The maximum absolute atomic E-state index is 12.1. The Morgan fingerprint density at radius 3 is 2.63 bits per heavy atom. The lowest BCUT2D eigenvalue weighted by molar-refractivity contribution is 0.198. The molecule has 19 heavy (non-hydrogen) atoms. The van der Waals surface area contributed by atoms with Crippen molar-refractivity contribution in [2.24, 2.45) is 0 Å². The number of carbonyl (C=O) groups is 1. The Morgan fingerprint density at radius 1 is 1.26 bits per heavy atom. The normalized spacial score (nSPS) is 16.1. The smallest absolute Gasteiger partial charge is 0.317 e. The second-order valence-corrected chi connectivity index (χ2v) is 5.57. The highest BCUT2D eigenvalue weighted by molar-refractivity contribution is 5.74. The Balaban J connectivity index is 1.87. The lowest BCUT2D eigenvalue weighted by Crippen LogP contribution is -2.43. The molecular weight excluding hydrogens is 236 g/mol. The van der Waals surface area contributed by atoms with Crippen LogP contribution in [0.5, 0.6) is 0 Å². The number of nitrogens with zero attached hydrogens (tertiary/aromatic N) is 1. The van der Waals surface area contributed by atoms with Crippen LogP contribution in [0, 0.1) is 6.92 Å². The van der Waals surface area contributed by atoms with Gasteiger partial charge in [-0.1, -0.05) is 43.5 Å². The Bertz CT molecular complexity index is 425. The van der Waals surface area contributed by atoms with Gasteiger partial charge in [0.1, 0.15) is 0 Å². The summed E-state index contributed by atoms with van der Waals surface area (Å²) in [7, 11) is 1.87. The van der Waals surface area contributed by atoms with Crippen LogP contribution in [0.1, 0.15) is 43.2 Å². The van der Waals surface area contributed by atoms with Crippen LogP contribution in [0.2, 0.25) is 0 Å². The quantitative estimate of drug-likeness (QED) is 0.886. The van der Waals surface area contributed by atoms with Gasteiger partial charge in [-0.3, -0.25) is 0 Å². The highest BCUT2D eigenvalue weighted by Gasteiger charge is 2.18. The Hall–Kier alpha value is -1.51. The van der Waals surface area contributed by atoms with Gasteiger partial charge in [-0.2, -0.15) is 0 Å². The molecule has 104 valence electrons. The van der Waals surface area contributed by atoms with Crippen molar-refractivity contribution < 1.29 is 4.79 Å². The summed E-state index contributed by atoms with van der Waals surface area (Å²) < 4.78 is 0. The predicted molar refractivity (Wildman–Crippen MR) is 78.1 cm³/mol. The molecule has 1 aromatic carbocycles. The van der Waals surface area contributed by atoms with Crippen LogP contribution in [-0.2, 0) is 6.54 Å². The Kier molecular flexibility index (Phi) is 4.83. The Morgan fingerprint density at radius 2 is 1.95 bits per heavy atom. The maximum Gasteiger partial charge on any atom is 0.317 e. The van der Waals surface area contributed by atoms with Crippen molar-refractivity contribution >= 4 is 6.03 Å². The van der Waals surface area contributed by atoms with E-state index in [1.54, 1.807) is 4.90 Å². The van der Waals surface area contributed by atoms with Crippen molar-refractivity contribution in [3.63, 3.8) is 0 Å². The molecule has 1 aromatic rings. The second-order valence-electron chi connectivity index (χ2n) is 5.57. The fourth-order valence-corrected chi connectivity index (χ4v) is 2.65. The number of rotatable bonds is 3. The summed E-state index contributed by atoms with van der Waals surface area (Å²) in [5.74, 6) is 0. The number of aryl methyl sites for hydroxylation is 1. The summed E-state index contributed by atoms with van der Waals surface area (Å²) in [4.78, 5) is 13.9. The number of benzene rings is 1. The third-order valence-electron chi connectivity index (χ3n) is 3.95. The van der Waals surface area contributed by atoms with Gasteiger partial charge in [-0.25, -0.2) is 4.79 Å². The number of amides is 2. The van der Waals surface area contributed by atoms with Gasteiger partial charge in [0.25, 0.3) is 0 Å². The third kappa shape index (κ3) is 3.98. The van der Waals surface area contributed by atoms with Crippen molar-refractivity contribution in [2.75, 3.05) is 7.05 Å². The molecule has 0 aromatic heterocycles. The van der Waals surface area contributed by atoms with Crippen LogP contribution in [0.4, 0.5) is 4.79 Å². The molecule has 0 radical (unpaired) electrons. The van der Waals surface area contributed by atoms with E-state index in [9.17, 15) is 4.79 Å². The van der Waals surface area contributed by atoms with Crippen LogP contribution in [-0.4, -0.2) is 24.0 Å². The molecule has 0 unspecified atom stereocenters. The molecule has 0 atom stereocenters. The van der Waals surface area contributed by atoms with E-state index in [-0.39, 0.29) is 6.03 Å². The Labute approximate surface area is 116 Å². The predicted octanol–water partition coefficient (Wildman–Crippen LogP) is 3.47. The lowest BCUT2D eigenvalue weighted by Gasteiger charge is -2.26. The fraction of sp³-hybridized carbons (Fsp3) is 0.562. The van der Waals surface area contributed by atoms with Crippen molar-refractivity contribution in [1.82, 2.24) is 10.2 Å². The average Bonchev–Trinajstić information content (AvgIpc) is 2.42. The largest absolute Gasteiger partial charge is 0.335 e. The standard InChI is InChI=1S/C16H24N2O/c1-13-8-6-7-9-14(13)12-18(2)16(19)17-15-10-4-3-5-11-15/h6-9,15H,3-5,10-12H2,1-2H3,(H,17,19). The van der Waals surface area contributed by atoms with Crippen molar-refractivity contribution in [3.05, 3.63) is 35.4 Å². The summed E-state index contributed by atoms with van der Waals surface area (Å²) >= 11 is 0. The minimum Gasteiger partial charge on any atom is -0.335 e. The van der Waals surface area contributed by atoms with Gasteiger partial charge in [-0.15, -0.1) is 0 Å². The zero-order valence-corrected chi connectivity index (χ0v) is 12.0. The second kappa shape index (κ2) is 6.60. The summed E-state index contributed by atoms with van der Waals surface area (Å²) in [5.41, 5.74) is 2.45. The van der Waals surface area contributed by atoms with E-state index in [1.165, 1.54) is 30.4 Å².